The van der Waals surface area contributed by atoms with Crippen LogP contribution in [0.3, 0.4) is 0 Å². The van der Waals surface area contributed by atoms with Crippen molar-refractivity contribution in [2.45, 2.75) is 19.4 Å². The number of benzene rings is 2. The quantitative estimate of drug-likeness (QED) is 0.486. The maximum absolute atomic E-state index is 6.14. The first-order chi connectivity index (χ1) is 12.5. The van der Waals surface area contributed by atoms with E-state index >= 15 is 0 Å². The molecular weight excluding hydrogens is 416 g/mol. The summed E-state index contributed by atoms with van der Waals surface area (Å²) in [5.74, 6) is 0.805. The Kier molecular flexibility index (Phi) is 6.71. The van der Waals surface area contributed by atoms with E-state index < -0.39 is 0 Å². The summed E-state index contributed by atoms with van der Waals surface area (Å²) < 4.78 is 5.93. The minimum atomic E-state index is 0.189. The van der Waals surface area contributed by atoms with Gasteiger partial charge in [-0.1, -0.05) is 69.8 Å². The molecule has 0 amide bonds. The largest absolute Gasteiger partial charge is 0.489 e. The van der Waals surface area contributed by atoms with Gasteiger partial charge in [-0.15, -0.1) is 0 Å². The molecule has 0 aromatic heterocycles. The van der Waals surface area contributed by atoms with Gasteiger partial charge in [-0.05, 0) is 37.1 Å². The predicted octanol–water partition coefficient (Wildman–Crippen LogP) is 6.56. The van der Waals surface area contributed by atoms with Crippen LogP contribution in [0.5, 0.6) is 5.75 Å². The van der Waals surface area contributed by atoms with Crippen LogP contribution in [0.2, 0.25) is 10.0 Å². The minimum Gasteiger partial charge on any atom is -0.489 e. The van der Waals surface area contributed by atoms with Crippen molar-refractivity contribution in [3.05, 3.63) is 73.7 Å². The summed E-state index contributed by atoms with van der Waals surface area (Å²) >= 11 is 23.3. The van der Waals surface area contributed by atoms with Crippen LogP contribution in [-0.2, 0) is 17.9 Å². The van der Waals surface area contributed by atoms with Gasteiger partial charge in [-0.3, -0.25) is 0 Å². The molecule has 7 heteroatoms. The first-order valence-corrected chi connectivity index (χ1v) is 9.45. The standard InChI is InChI=1S/C19H15Cl4NO2/c20-13-5-4-12(16(21)10-13)11-26-24-17-7-6-15-14(17)2-1-3-18(15)25-9-8-19(22)23/h1-5,8,10H,6-7,9,11H2/b24-17+. The summed E-state index contributed by atoms with van der Waals surface area (Å²) in [5, 5.41) is 5.44. The molecule has 0 saturated carbocycles. The number of hydrogen-bond donors (Lipinski definition) is 0. The molecule has 3 nitrogen and oxygen atoms in total. The monoisotopic (exact) mass is 429 g/mol. The second-order valence-corrected chi connectivity index (χ2v) is 7.49. The van der Waals surface area contributed by atoms with Gasteiger partial charge in [-0.2, -0.15) is 0 Å². The van der Waals surface area contributed by atoms with Crippen molar-refractivity contribution in [2.75, 3.05) is 6.61 Å². The highest BCUT2D eigenvalue weighted by molar-refractivity contribution is 6.55. The van der Waals surface area contributed by atoms with Crippen molar-refractivity contribution in [3.8, 4) is 5.75 Å². The summed E-state index contributed by atoms with van der Waals surface area (Å²) in [4.78, 5) is 5.51. The van der Waals surface area contributed by atoms with Gasteiger partial charge in [0, 0.05) is 26.7 Å². The van der Waals surface area contributed by atoms with E-state index in [9.17, 15) is 0 Å². The zero-order chi connectivity index (χ0) is 18.5. The summed E-state index contributed by atoms with van der Waals surface area (Å²) in [6.07, 6.45) is 3.23. The minimum absolute atomic E-state index is 0.189. The fourth-order valence-corrected chi connectivity index (χ4v) is 3.30. The molecule has 1 aliphatic carbocycles. The van der Waals surface area contributed by atoms with Crippen LogP contribution in [0.1, 0.15) is 23.1 Å². The molecule has 2 aromatic carbocycles. The molecule has 3 rings (SSSR count). The molecule has 0 fully saturated rings. The molecule has 1 aliphatic rings. The van der Waals surface area contributed by atoms with Crippen LogP contribution < -0.4 is 4.74 Å². The van der Waals surface area contributed by atoms with Crippen molar-refractivity contribution in [1.29, 1.82) is 0 Å². The third-order valence-corrected chi connectivity index (χ3v) is 4.84. The van der Waals surface area contributed by atoms with Crippen LogP contribution in [0.15, 0.2) is 52.1 Å². The molecule has 0 unspecified atom stereocenters. The van der Waals surface area contributed by atoms with Crippen molar-refractivity contribution < 1.29 is 9.57 Å². The van der Waals surface area contributed by atoms with Gasteiger partial charge in [-0.25, -0.2) is 0 Å². The topological polar surface area (TPSA) is 30.8 Å². The predicted molar refractivity (Wildman–Crippen MR) is 108 cm³/mol. The molecule has 0 saturated heterocycles. The SMILES string of the molecule is ClC(Cl)=CCOc1cccc2c1CC/C2=N\OCc1ccc(Cl)cc1Cl. The highest BCUT2D eigenvalue weighted by Gasteiger charge is 2.22. The average molecular weight is 431 g/mol. The summed E-state index contributed by atoms with van der Waals surface area (Å²) in [5.41, 5.74) is 3.87. The van der Waals surface area contributed by atoms with Crippen molar-refractivity contribution in [2.24, 2.45) is 5.16 Å². The van der Waals surface area contributed by atoms with Gasteiger partial charge in [0.1, 0.15) is 23.5 Å². The molecule has 136 valence electrons. The third kappa shape index (κ3) is 4.86. The molecule has 0 heterocycles. The molecule has 0 radical (unpaired) electrons. The summed E-state index contributed by atoms with van der Waals surface area (Å²) in [7, 11) is 0. The molecule has 26 heavy (non-hydrogen) atoms. The third-order valence-electron chi connectivity index (χ3n) is 3.94. The first kappa shape index (κ1) is 19.4. The lowest BCUT2D eigenvalue weighted by molar-refractivity contribution is 0.130. The fourth-order valence-electron chi connectivity index (χ4n) is 2.71. The van der Waals surface area contributed by atoms with Gasteiger partial charge < -0.3 is 9.57 Å². The number of halogens is 4. The average Bonchev–Trinajstić information content (AvgIpc) is 3.01. The van der Waals surface area contributed by atoms with Crippen molar-refractivity contribution >= 4 is 52.1 Å². The summed E-state index contributed by atoms with van der Waals surface area (Å²) in [6, 6.07) is 11.1. The maximum Gasteiger partial charge on any atom is 0.143 e. The van der Waals surface area contributed by atoms with E-state index in [4.69, 9.17) is 56.0 Å². The van der Waals surface area contributed by atoms with Gasteiger partial charge in [0.2, 0.25) is 0 Å². The fraction of sp³-hybridized carbons (Fsp3) is 0.211. The van der Waals surface area contributed by atoms with Gasteiger partial charge >= 0.3 is 0 Å². The van der Waals surface area contributed by atoms with E-state index in [0.717, 1.165) is 41.0 Å². The zero-order valence-electron chi connectivity index (χ0n) is 13.6. The Labute approximate surface area is 172 Å². The van der Waals surface area contributed by atoms with Crippen molar-refractivity contribution in [1.82, 2.24) is 0 Å². The molecule has 0 N–H and O–H groups in total. The van der Waals surface area contributed by atoms with E-state index in [1.54, 1.807) is 18.2 Å². The number of fused-ring (bicyclic) bond motifs is 1. The second-order valence-electron chi connectivity index (χ2n) is 5.63. The molecule has 0 atom stereocenters. The highest BCUT2D eigenvalue weighted by Crippen LogP contribution is 2.31. The van der Waals surface area contributed by atoms with Gasteiger partial charge in [0.05, 0.1) is 5.71 Å². The van der Waals surface area contributed by atoms with Gasteiger partial charge in [0.15, 0.2) is 0 Å². The Bertz CT molecular complexity index is 861. The van der Waals surface area contributed by atoms with Crippen molar-refractivity contribution in [3.63, 3.8) is 0 Å². The number of oxime groups is 1. The molecule has 2 aromatic rings. The lowest BCUT2D eigenvalue weighted by atomic mass is 10.1. The number of rotatable bonds is 6. The van der Waals surface area contributed by atoms with E-state index in [1.165, 1.54) is 0 Å². The lowest BCUT2D eigenvalue weighted by Gasteiger charge is -2.09. The van der Waals surface area contributed by atoms with Crippen LogP contribution in [0, 0.1) is 0 Å². The Morgan fingerprint density at radius 1 is 1.12 bits per heavy atom. The lowest BCUT2D eigenvalue weighted by Crippen LogP contribution is -2.00. The Balaban J connectivity index is 1.69. The van der Waals surface area contributed by atoms with Crippen LogP contribution in [0.4, 0.5) is 0 Å². The molecular formula is C19H15Cl4NO2. The van der Waals surface area contributed by atoms with Gasteiger partial charge in [0.25, 0.3) is 0 Å². The summed E-state index contributed by atoms with van der Waals surface area (Å²) in [6.45, 7) is 0.598. The zero-order valence-corrected chi connectivity index (χ0v) is 16.7. The van der Waals surface area contributed by atoms with E-state index in [0.29, 0.717) is 16.7 Å². The normalized spacial score (nSPS) is 14.2. The molecule has 0 bridgehead atoms. The highest BCUT2D eigenvalue weighted by atomic mass is 35.5. The Morgan fingerprint density at radius 2 is 1.96 bits per heavy atom. The Morgan fingerprint density at radius 3 is 2.73 bits per heavy atom. The molecule has 0 spiro atoms. The second kappa shape index (κ2) is 9.01. The van der Waals surface area contributed by atoms with Crippen LogP contribution in [0.25, 0.3) is 0 Å². The van der Waals surface area contributed by atoms with E-state index in [-0.39, 0.29) is 11.1 Å². The molecule has 0 aliphatic heterocycles. The maximum atomic E-state index is 6.14. The Hall–Kier alpha value is -1.39. The van der Waals surface area contributed by atoms with Crippen LogP contribution in [-0.4, -0.2) is 12.3 Å². The number of nitrogens with zero attached hydrogens (tertiary/aromatic N) is 1. The van der Waals surface area contributed by atoms with Crippen LogP contribution >= 0.6 is 46.4 Å². The first-order valence-electron chi connectivity index (χ1n) is 7.93. The van der Waals surface area contributed by atoms with E-state index in [2.05, 4.69) is 5.16 Å². The smallest absolute Gasteiger partial charge is 0.143 e. The number of hydrogen-bond acceptors (Lipinski definition) is 3. The van der Waals surface area contributed by atoms with E-state index in [1.807, 2.05) is 24.3 Å². The number of ether oxygens (including phenoxy) is 1.